The van der Waals surface area contributed by atoms with Gasteiger partial charge in [0.25, 0.3) is 17.5 Å². The van der Waals surface area contributed by atoms with Gasteiger partial charge in [0, 0.05) is 12.1 Å². The van der Waals surface area contributed by atoms with Crippen LogP contribution < -0.4 is 10.9 Å². The molecule has 1 heterocycles. The number of aromatic hydroxyl groups is 1. The van der Waals surface area contributed by atoms with Crippen LogP contribution in [0.3, 0.4) is 0 Å². The van der Waals surface area contributed by atoms with Gasteiger partial charge in [0.15, 0.2) is 11.4 Å². The second kappa shape index (κ2) is 7.76. The molecule has 28 heavy (non-hydrogen) atoms. The van der Waals surface area contributed by atoms with Crippen molar-refractivity contribution in [1.29, 1.82) is 0 Å². The monoisotopic (exact) mass is 401 g/mol. The fourth-order valence-electron chi connectivity index (χ4n) is 2.28. The second-order valence-corrected chi connectivity index (χ2v) is 5.88. The third-order valence-corrected chi connectivity index (χ3v) is 3.94. The summed E-state index contributed by atoms with van der Waals surface area (Å²) in [5, 5.41) is 24.5. The number of hydrogen-bond donors (Lipinski definition) is 3. The van der Waals surface area contributed by atoms with Crippen molar-refractivity contribution in [3.63, 3.8) is 0 Å². The van der Waals surface area contributed by atoms with Gasteiger partial charge < -0.3 is 5.11 Å². The molecule has 3 aromatic rings. The maximum atomic E-state index is 12.2. The van der Waals surface area contributed by atoms with Gasteiger partial charge in [0.1, 0.15) is 0 Å². The Labute approximate surface area is 162 Å². The molecule has 0 saturated heterocycles. The van der Waals surface area contributed by atoms with Crippen LogP contribution in [0, 0.1) is 10.1 Å². The predicted molar refractivity (Wildman–Crippen MR) is 98.3 cm³/mol. The Morgan fingerprint density at radius 3 is 2.43 bits per heavy atom. The van der Waals surface area contributed by atoms with Crippen LogP contribution in [0.1, 0.15) is 20.8 Å². The number of hydrogen-bond acceptors (Lipinski definition) is 6. The first-order chi connectivity index (χ1) is 13.4. The van der Waals surface area contributed by atoms with Gasteiger partial charge in [-0.25, -0.2) is 4.68 Å². The Kier molecular flexibility index (Phi) is 5.23. The highest BCUT2D eigenvalue weighted by Crippen LogP contribution is 2.22. The summed E-state index contributed by atoms with van der Waals surface area (Å²) in [4.78, 5) is 34.4. The summed E-state index contributed by atoms with van der Waals surface area (Å²) in [5.74, 6) is -2.04. The molecule has 0 fully saturated rings. The number of non-ortho nitro benzene ring substituents is 1. The lowest BCUT2D eigenvalue weighted by Gasteiger charge is -2.07. The van der Waals surface area contributed by atoms with E-state index in [1.807, 2.05) is 0 Å². The van der Waals surface area contributed by atoms with E-state index < -0.39 is 16.7 Å². The molecular formula is C17H12ClN5O5. The number of rotatable bonds is 4. The highest BCUT2D eigenvalue weighted by atomic mass is 35.5. The Balaban J connectivity index is 1.70. The molecule has 0 bridgehead atoms. The number of benzene rings is 2. The minimum atomic E-state index is -0.862. The van der Waals surface area contributed by atoms with Crippen LogP contribution in [0.2, 0.25) is 5.02 Å². The van der Waals surface area contributed by atoms with Crippen LogP contribution in [-0.4, -0.2) is 31.6 Å². The zero-order chi connectivity index (χ0) is 20.3. The van der Waals surface area contributed by atoms with Gasteiger partial charge in [-0.05, 0) is 18.2 Å². The lowest BCUT2D eigenvalue weighted by molar-refractivity contribution is -0.384. The minimum Gasteiger partial charge on any atom is -0.504 e. The first-order valence-electron chi connectivity index (χ1n) is 7.75. The Morgan fingerprint density at radius 2 is 1.79 bits per heavy atom. The first kappa shape index (κ1) is 18.9. The van der Waals surface area contributed by atoms with Gasteiger partial charge >= 0.3 is 0 Å². The molecule has 3 rings (SSSR count). The van der Waals surface area contributed by atoms with Gasteiger partial charge in [-0.3, -0.25) is 30.6 Å². The van der Waals surface area contributed by atoms with Gasteiger partial charge in [-0.15, -0.1) is 0 Å². The number of hydrazine groups is 1. The summed E-state index contributed by atoms with van der Waals surface area (Å²) in [6, 6.07) is 12.1. The van der Waals surface area contributed by atoms with Crippen LogP contribution >= 0.6 is 11.6 Å². The molecule has 0 aliphatic carbocycles. The Bertz CT molecular complexity index is 1070. The van der Waals surface area contributed by atoms with Crippen LogP contribution in [0.15, 0.2) is 54.7 Å². The van der Waals surface area contributed by atoms with Crippen LogP contribution in [-0.2, 0) is 0 Å². The minimum absolute atomic E-state index is 0.0772. The fraction of sp³-hybridized carbons (Fsp3) is 0. The van der Waals surface area contributed by atoms with Crippen molar-refractivity contribution in [2.75, 3.05) is 0 Å². The van der Waals surface area contributed by atoms with Gasteiger partial charge in [0.2, 0.25) is 0 Å². The summed E-state index contributed by atoms with van der Waals surface area (Å²) in [6.45, 7) is 0. The van der Waals surface area contributed by atoms with Crippen molar-refractivity contribution in [1.82, 2.24) is 20.6 Å². The second-order valence-electron chi connectivity index (χ2n) is 5.47. The average molecular weight is 402 g/mol. The van der Waals surface area contributed by atoms with E-state index in [-0.39, 0.29) is 27.7 Å². The summed E-state index contributed by atoms with van der Waals surface area (Å²) >= 11 is 5.86. The molecule has 2 aromatic carbocycles. The lowest BCUT2D eigenvalue weighted by Crippen LogP contribution is -2.42. The molecule has 2 amide bonds. The number of amides is 2. The molecule has 142 valence electrons. The van der Waals surface area contributed by atoms with E-state index in [1.165, 1.54) is 10.9 Å². The number of nitro groups is 1. The van der Waals surface area contributed by atoms with Crippen molar-refractivity contribution in [2.45, 2.75) is 0 Å². The summed E-state index contributed by atoms with van der Waals surface area (Å²) < 4.78 is 1.30. The maximum absolute atomic E-state index is 12.2. The molecule has 0 saturated carbocycles. The molecule has 0 unspecified atom stereocenters. The van der Waals surface area contributed by atoms with Gasteiger partial charge in [-0.1, -0.05) is 29.8 Å². The standard InChI is InChI=1S/C17H12ClN5O5/c18-13-8-11(23(27)28)6-7-12(13)16(25)19-20-17(26)15-14(24)9-22(21-15)10-4-2-1-3-5-10/h1-9,24H,(H,19,25)(H,20,26). The number of halogens is 1. The quantitative estimate of drug-likeness (QED) is 0.452. The SMILES string of the molecule is O=C(NNC(=O)c1nn(-c2ccccc2)cc1O)c1ccc([N+](=O)[O-])cc1Cl. The van der Waals surface area contributed by atoms with Crippen molar-refractivity contribution in [2.24, 2.45) is 0 Å². The predicted octanol–water partition coefficient (Wildman–Crippen LogP) is 2.21. The normalized spacial score (nSPS) is 10.3. The largest absolute Gasteiger partial charge is 0.504 e. The van der Waals surface area contributed by atoms with E-state index in [1.54, 1.807) is 30.3 Å². The van der Waals surface area contributed by atoms with Crippen LogP contribution in [0.4, 0.5) is 5.69 Å². The fourth-order valence-corrected chi connectivity index (χ4v) is 2.54. The molecule has 1 aromatic heterocycles. The van der Waals surface area contributed by atoms with Crippen molar-refractivity contribution in [3.05, 3.63) is 81.1 Å². The zero-order valence-electron chi connectivity index (χ0n) is 14.0. The van der Waals surface area contributed by atoms with E-state index in [9.17, 15) is 24.8 Å². The summed E-state index contributed by atoms with van der Waals surface area (Å²) in [7, 11) is 0. The molecule has 0 radical (unpaired) electrons. The Morgan fingerprint density at radius 1 is 1.11 bits per heavy atom. The number of nitrogens with one attached hydrogen (secondary N) is 2. The number of nitrogens with zero attached hydrogens (tertiary/aromatic N) is 3. The molecule has 0 aliphatic rings. The Hall–Kier alpha value is -3.92. The molecule has 0 spiro atoms. The molecule has 10 nitrogen and oxygen atoms in total. The van der Waals surface area contributed by atoms with Gasteiger partial charge in [0.05, 0.1) is 27.4 Å². The van der Waals surface area contributed by atoms with Crippen LogP contribution in [0.5, 0.6) is 5.75 Å². The van der Waals surface area contributed by atoms with Gasteiger partial charge in [-0.2, -0.15) is 5.10 Å². The number of aromatic nitrogens is 2. The summed E-state index contributed by atoms with van der Waals surface area (Å²) in [5.41, 5.74) is 4.17. The van der Waals surface area contributed by atoms with Crippen molar-refractivity contribution >= 4 is 29.1 Å². The van der Waals surface area contributed by atoms with Crippen molar-refractivity contribution < 1.29 is 19.6 Å². The van der Waals surface area contributed by atoms with E-state index in [4.69, 9.17) is 11.6 Å². The molecular weight excluding hydrogens is 390 g/mol. The van der Waals surface area contributed by atoms with E-state index in [2.05, 4.69) is 16.0 Å². The molecule has 11 heteroatoms. The van der Waals surface area contributed by atoms with Crippen molar-refractivity contribution in [3.8, 4) is 11.4 Å². The van der Waals surface area contributed by atoms with E-state index >= 15 is 0 Å². The molecule has 0 atom stereocenters. The summed E-state index contributed by atoms with van der Waals surface area (Å²) in [6.07, 6.45) is 1.25. The topological polar surface area (TPSA) is 139 Å². The smallest absolute Gasteiger partial charge is 0.294 e. The number of carbonyl (C=O) groups is 2. The average Bonchev–Trinajstić information content (AvgIpc) is 3.08. The first-order valence-corrected chi connectivity index (χ1v) is 8.13. The third kappa shape index (κ3) is 3.91. The number of carbonyl (C=O) groups excluding carboxylic acids is 2. The number of nitro benzene ring substituents is 1. The lowest BCUT2D eigenvalue weighted by atomic mass is 10.2. The van der Waals surface area contributed by atoms with E-state index in [0.717, 1.165) is 18.2 Å². The number of para-hydroxylation sites is 1. The highest BCUT2D eigenvalue weighted by molar-refractivity contribution is 6.34. The maximum Gasteiger partial charge on any atom is 0.294 e. The van der Waals surface area contributed by atoms with E-state index in [0.29, 0.717) is 5.69 Å². The van der Waals surface area contributed by atoms with Crippen LogP contribution in [0.25, 0.3) is 5.69 Å². The zero-order valence-corrected chi connectivity index (χ0v) is 14.8. The highest BCUT2D eigenvalue weighted by Gasteiger charge is 2.19. The molecule has 0 aliphatic heterocycles. The third-order valence-electron chi connectivity index (χ3n) is 3.63. The molecule has 3 N–H and O–H groups in total.